The van der Waals surface area contributed by atoms with Gasteiger partial charge in [-0.25, -0.2) is 4.98 Å². The number of nitrogens with zero attached hydrogens (tertiary/aromatic N) is 2. The van der Waals surface area contributed by atoms with Gasteiger partial charge in [-0.3, -0.25) is 5.43 Å². The van der Waals surface area contributed by atoms with Crippen LogP contribution in [0.1, 0.15) is 11.1 Å². The number of nitrogens with two attached hydrogens (primary N) is 1. The van der Waals surface area contributed by atoms with Crippen molar-refractivity contribution in [2.75, 3.05) is 17.8 Å². The van der Waals surface area contributed by atoms with E-state index in [-0.39, 0.29) is 0 Å². The van der Waals surface area contributed by atoms with Gasteiger partial charge < -0.3 is 10.5 Å². The molecular formula is C19H18N4OS. The maximum Gasteiger partial charge on any atom is 0.205 e. The van der Waals surface area contributed by atoms with Crippen molar-refractivity contribution < 1.29 is 4.74 Å². The summed E-state index contributed by atoms with van der Waals surface area (Å²) < 4.78 is 5.74. The van der Waals surface area contributed by atoms with Crippen LogP contribution in [-0.4, -0.2) is 17.8 Å². The number of hydrogen-bond acceptors (Lipinski definition) is 6. The van der Waals surface area contributed by atoms with Crippen molar-refractivity contribution in [3.8, 4) is 5.75 Å². The molecule has 1 heterocycles. The number of ether oxygens (including phenoxy) is 1. The highest BCUT2D eigenvalue weighted by molar-refractivity contribution is 7.14. The fourth-order valence-corrected chi connectivity index (χ4v) is 2.63. The largest absolute Gasteiger partial charge is 0.490 e. The van der Waals surface area contributed by atoms with Gasteiger partial charge in [0.2, 0.25) is 5.13 Å². The molecule has 0 radical (unpaired) electrons. The number of nitrogen functional groups attached to an aromatic ring is 1. The van der Waals surface area contributed by atoms with E-state index >= 15 is 0 Å². The summed E-state index contributed by atoms with van der Waals surface area (Å²) in [6, 6.07) is 17.9. The summed E-state index contributed by atoms with van der Waals surface area (Å²) >= 11 is 1.41. The van der Waals surface area contributed by atoms with Crippen LogP contribution >= 0.6 is 11.3 Å². The van der Waals surface area contributed by atoms with Crippen LogP contribution in [-0.2, 0) is 0 Å². The summed E-state index contributed by atoms with van der Waals surface area (Å²) in [5, 5.41) is 6.57. The molecule has 1 aromatic heterocycles. The van der Waals surface area contributed by atoms with Gasteiger partial charge in [0.25, 0.3) is 0 Å². The van der Waals surface area contributed by atoms with Crippen molar-refractivity contribution >= 4 is 34.6 Å². The number of benzene rings is 2. The quantitative estimate of drug-likeness (QED) is 0.493. The van der Waals surface area contributed by atoms with Gasteiger partial charge in [0.1, 0.15) is 18.2 Å². The number of hydrogen-bond donors (Lipinski definition) is 2. The second-order valence-corrected chi connectivity index (χ2v) is 6.00. The Hall–Kier alpha value is -3.12. The number of nitrogens with one attached hydrogen (secondary N) is 1. The lowest BCUT2D eigenvalue weighted by Gasteiger charge is -2.03. The van der Waals surface area contributed by atoms with Crippen molar-refractivity contribution in [3.63, 3.8) is 0 Å². The van der Waals surface area contributed by atoms with E-state index in [4.69, 9.17) is 10.5 Å². The van der Waals surface area contributed by atoms with Crippen LogP contribution < -0.4 is 15.9 Å². The van der Waals surface area contributed by atoms with E-state index in [2.05, 4.69) is 27.6 Å². The first-order valence-corrected chi connectivity index (χ1v) is 8.62. The summed E-state index contributed by atoms with van der Waals surface area (Å²) in [7, 11) is 0. The van der Waals surface area contributed by atoms with Gasteiger partial charge in [-0.2, -0.15) is 5.10 Å². The van der Waals surface area contributed by atoms with E-state index in [1.165, 1.54) is 11.3 Å². The molecule has 0 amide bonds. The molecule has 5 nitrogen and oxygen atoms in total. The minimum absolute atomic E-state index is 0.488. The standard InChI is InChI=1S/C19H18N4OS/c20-18-14-25-19(22-18)23-21-13-16-8-4-10-17(12-16)24-11-5-9-15-6-2-1-3-7-15/h1-10,12-14H,11,20H2,(H,22,23). The van der Waals surface area contributed by atoms with Crippen LogP contribution in [0, 0.1) is 0 Å². The predicted octanol–water partition coefficient (Wildman–Crippen LogP) is 4.26. The van der Waals surface area contributed by atoms with Crippen molar-refractivity contribution in [2.45, 2.75) is 0 Å². The summed E-state index contributed by atoms with van der Waals surface area (Å²) in [5.41, 5.74) is 10.5. The Bertz CT molecular complexity index is 859. The molecule has 2 aromatic carbocycles. The van der Waals surface area contributed by atoms with Crippen LogP contribution in [0.2, 0.25) is 0 Å². The molecule has 25 heavy (non-hydrogen) atoms. The molecule has 0 bridgehead atoms. The SMILES string of the molecule is Nc1csc(NN=Cc2cccc(OCC=Cc3ccccc3)c2)n1. The molecule has 3 rings (SSSR count). The first kappa shape index (κ1) is 16.7. The Kier molecular flexibility index (Phi) is 5.79. The molecular weight excluding hydrogens is 332 g/mol. The van der Waals surface area contributed by atoms with Gasteiger partial charge in [0.15, 0.2) is 0 Å². The van der Waals surface area contributed by atoms with Crippen LogP contribution in [0.25, 0.3) is 6.08 Å². The Labute approximate surface area is 150 Å². The number of hydrazone groups is 1. The zero-order chi connectivity index (χ0) is 17.3. The van der Waals surface area contributed by atoms with Crippen LogP contribution in [0.5, 0.6) is 5.75 Å². The fourth-order valence-electron chi connectivity index (χ4n) is 2.08. The molecule has 0 fully saturated rings. The average Bonchev–Trinajstić information content (AvgIpc) is 3.05. The molecule has 3 N–H and O–H groups in total. The van der Waals surface area contributed by atoms with Gasteiger partial charge in [0, 0.05) is 5.38 Å². The molecule has 0 unspecified atom stereocenters. The van der Waals surface area contributed by atoms with Gasteiger partial charge >= 0.3 is 0 Å². The summed E-state index contributed by atoms with van der Waals surface area (Å²) in [6.07, 6.45) is 5.74. The zero-order valence-electron chi connectivity index (χ0n) is 13.5. The maximum atomic E-state index is 5.74. The van der Waals surface area contributed by atoms with Gasteiger partial charge in [-0.05, 0) is 29.3 Å². The average molecular weight is 350 g/mol. The lowest BCUT2D eigenvalue weighted by Crippen LogP contribution is -1.95. The summed E-state index contributed by atoms with van der Waals surface area (Å²) in [6.45, 7) is 0.506. The minimum atomic E-state index is 0.488. The van der Waals surface area contributed by atoms with Crippen molar-refractivity contribution in [1.82, 2.24) is 4.98 Å². The van der Waals surface area contributed by atoms with Crippen LogP contribution in [0.4, 0.5) is 10.9 Å². The Balaban J connectivity index is 1.51. The van der Waals surface area contributed by atoms with Crippen molar-refractivity contribution in [2.24, 2.45) is 5.10 Å². The third kappa shape index (κ3) is 5.47. The summed E-state index contributed by atoms with van der Waals surface area (Å²) in [5.74, 6) is 1.28. The van der Waals surface area contributed by atoms with E-state index in [9.17, 15) is 0 Å². The highest BCUT2D eigenvalue weighted by atomic mass is 32.1. The first-order chi connectivity index (χ1) is 12.3. The molecule has 0 saturated carbocycles. The fraction of sp³-hybridized carbons (Fsp3) is 0.0526. The van der Waals surface area contributed by atoms with E-state index < -0.39 is 0 Å². The third-order valence-corrected chi connectivity index (χ3v) is 3.98. The molecule has 3 aromatic rings. The van der Waals surface area contributed by atoms with Gasteiger partial charge in [-0.15, -0.1) is 11.3 Å². The molecule has 0 aliphatic heterocycles. The second kappa shape index (κ2) is 8.65. The predicted molar refractivity (Wildman–Crippen MR) is 105 cm³/mol. The number of thiazole rings is 1. The highest BCUT2D eigenvalue weighted by Crippen LogP contribution is 2.16. The van der Waals surface area contributed by atoms with Crippen molar-refractivity contribution in [3.05, 3.63) is 77.2 Å². The van der Waals surface area contributed by atoms with Crippen molar-refractivity contribution in [1.29, 1.82) is 0 Å². The van der Waals surface area contributed by atoms with E-state index in [1.54, 1.807) is 11.6 Å². The normalized spacial score (nSPS) is 11.2. The minimum Gasteiger partial charge on any atom is -0.490 e. The molecule has 0 atom stereocenters. The Morgan fingerprint density at radius 2 is 1.96 bits per heavy atom. The monoisotopic (exact) mass is 350 g/mol. The Morgan fingerprint density at radius 1 is 1.12 bits per heavy atom. The molecule has 6 heteroatoms. The zero-order valence-corrected chi connectivity index (χ0v) is 14.3. The first-order valence-electron chi connectivity index (χ1n) is 7.74. The molecule has 126 valence electrons. The molecule has 0 saturated heterocycles. The molecule has 0 aliphatic carbocycles. The lowest BCUT2D eigenvalue weighted by molar-refractivity contribution is 0.363. The second-order valence-electron chi connectivity index (χ2n) is 5.14. The van der Waals surface area contributed by atoms with E-state index in [0.717, 1.165) is 16.9 Å². The number of aromatic nitrogens is 1. The van der Waals surface area contributed by atoms with Crippen LogP contribution in [0.3, 0.4) is 0 Å². The Morgan fingerprint density at radius 3 is 2.76 bits per heavy atom. The van der Waals surface area contributed by atoms with E-state index in [0.29, 0.717) is 17.6 Å². The maximum absolute atomic E-state index is 5.74. The third-order valence-electron chi connectivity index (χ3n) is 3.21. The lowest BCUT2D eigenvalue weighted by atomic mass is 10.2. The smallest absolute Gasteiger partial charge is 0.205 e. The number of anilines is 2. The topological polar surface area (TPSA) is 72.5 Å². The highest BCUT2D eigenvalue weighted by Gasteiger charge is 1.96. The summed E-state index contributed by atoms with van der Waals surface area (Å²) in [4.78, 5) is 4.07. The van der Waals surface area contributed by atoms with Gasteiger partial charge in [0.05, 0.1) is 6.21 Å². The molecule has 0 spiro atoms. The molecule has 0 aliphatic rings. The van der Waals surface area contributed by atoms with Crippen LogP contribution in [0.15, 0.2) is 71.2 Å². The van der Waals surface area contributed by atoms with Gasteiger partial charge in [-0.1, -0.05) is 48.5 Å². The van der Waals surface area contributed by atoms with E-state index in [1.807, 2.05) is 54.6 Å². The number of rotatable bonds is 7.